The Morgan fingerprint density at radius 3 is 2.81 bits per heavy atom. The zero-order valence-electron chi connectivity index (χ0n) is 15.2. The van der Waals surface area contributed by atoms with Crippen LogP contribution in [0.15, 0.2) is 39.2 Å². The minimum absolute atomic E-state index is 0. The van der Waals surface area contributed by atoms with Crippen molar-refractivity contribution < 1.29 is 22.4 Å². The summed E-state index contributed by atoms with van der Waals surface area (Å²) in [5.41, 5.74) is 2.08. The predicted molar refractivity (Wildman–Crippen MR) is 105 cm³/mol. The van der Waals surface area contributed by atoms with E-state index in [1.54, 1.807) is 19.9 Å². The Hall–Kier alpha value is -1.87. The number of benzene rings is 1. The molecule has 2 N–H and O–H groups in total. The van der Waals surface area contributed by atoms with Gasteiger partial charge >= 0.3 is 5.97 Å². The molecule has 2 heterocycles. The number of nitrogens with one attached hydrogen (secondary N) is 2. The van der Waals surface area contributed by atoms with Crippen LogP contribution in [-0.4, -0.2) is 40.6 Å². The summed E-state index contributed by atoms with van der Waals surface area (Å²) in [5, 5.41) is 3.77. The highest BCUT2D eigenvalue weighted by Crippen LogP contribution is 2.28. The monoisotopic (exact) mass is 414 g/mol. The maximum atomic E-state index is 12.6. The molecule has 0 saturated heterocycles. The number of rotatable bonds is 6. The fourth-order valence-electron chi connectivity index (χ4n) is 2.86. The van der Waals surface area contributed by atoms with Crippen molar-refractivity contribution in [3.63, 3.8) is 0 Å². The van der Waals surface area contributed by atoms with E-state index in [1.807, 2.05) is 6.08 Å². The lowest BCUT2D eigenvalue weighted by Gasteiger charge is -2.14. The molecule has 0 radical (unpaired) electrons. The number of carbonyl (C=O) groups excluding carboxylic acids is 1. The van der Waals surface area contributed by atoms with Crippen molar-refractivity contribution in [2.45, 2.75) is 25.2 Å². The largest absolute Gasteiger partial charge is 0.460 e. The highest BCUT2D eigenvalue weighted by atomic mass is 35.5. The summed E-state index contributed by atoms with van der Waals surface area (Å²) in [7, 11) is -3.66. The highest BCUT2D eigenvalue weighted by Gasteiger charge is 2.21. The molecule has 0 saturated carbocycles. The summed E-state index contributed by atoms with van der Waals surface area (Å²) in [6.45, 7) is 5.56. The molecule has 1 aromatic carbocycles. The summed E-state index contributed by atoms with van der Waals surface area (Å²) in [4.78, 5) is 12.1. The second-order valence-corrected chi connectivity index (χ2v) is 7.84. The summed E-state index contributed by atoms with van der Waals surface area (Å²) in [5.74, 6) is -0.453. The first-order valence-corrected chi connectivity index (χ1v) is 9.99. The molecule has 7 nitrogen and oxygen atoms in total. The zero-order chi connectivity index (χ0) is 18.7. The number of carbonyl (C=O) groups is 1. The first-order chi connectivity index (χ1) is 12.4. The molecule has 0 spiro atoms. The lowest BCUT2D eigenvalue weighted by molar-refractivity contribution is 0.0491. The van der Waals surface area contributed by atoms with Gasteiger partial charge in [0.1, 0.15) is 5.58 Å². The Bertz CT molecular complexity index is 966. The van der Waals surface area contributed by atoms with Crippen molar-refractivity contribution >= 4 is 39.4 Å². The number of aryl methyl sites for hydroxylation is 1. The van der Waals surface area contributed by atoms with E-state index in [-0.39, 0.29) is 29.7 Å². The Morgan fingerprint density at radius 1 is 1.37 bits per heavy atom. The average molecular weight is 415 g/mol. The first-order valence-electron chi connectivity index (χ1n) is 8.51. The first kappa shape index (κ1) is 21.4. The smallest absolute Gasteiger partial charge is 0.374 e. The minimum Gasteiger partial charge on any atom is -0.460 e. The molecule has 0 aliphatic carbocycles. The molecule has 0 amide bonds. The van der Waals surface area contributed by atoms with E-state index in [2.05, 4.69) is 10.0 Å². The third-order valence-electron chi connectivity index (χ3n) is 4.33. The molecule has 0 fully saturated rings. The van der Waals surface area contributed by atoms with E-state index < -0.39 is 16.0 Å². The Kier molecular flexibility index (Phi) is 7.05. The van der Waals surface area contributed by atoms with Gasteiger partial charge in [0, 0.05) is 24.0 Å². The molecule has 0 bridgehead atoms. The van der Waals surface area contributed by atoms with Crippen molar-refractivity contribution in [3.8, 4) is 0 Å². The number of hydrogen-bond donors (Lipinski definition) is 2. The molecule has 0 atom stereocenters. The zero-order valence-corrected chi connectivity index (χ0v) is 16.8. The van der Waals surface area contributed by atoms with E-state index >= 15 is 0 Å². The van der Waals surface area contributed by atoms with Crippen LogP contribution >= 0.6 is 12.4 Å². The minimum atomic E-state index is -3.66. The standard InChI is InChI=1S/C18H22N2O5S.ClH/c1-3-24-18(21)17-12(2)15-10-14(4-5-16(15)25-17)26(22,23)20-11-13-6-8-19-9-7-13;/h4-6,10,19-20H,3,7-9,11H2,1-2H3;1H. The lowest BCUT2D eigenvalue weighted by atomic mass is 10.1. The molecule has 1 aromatic heterocycles. The van der Waals surface area contributed by atoms with Crippen molar-refractivity contribution in [2.75, 3.05) is 26.2 Å². The average Bonchev–Trinajstić information content (AvgIpc) is 2.98. The van der Waals surface area contributed by atoms with Crippen LogP contribution in [-0.2, 0) is 14.8 Å². The third kappa shape index (κ3) is 4.70. The number of furan rings is 1. The molecule has 3 rings (SSSR count). The lowest BCUT2D eigenvalue weighted by Crippen LogP contribution is -2.29. The van der Waals surface area contributed by atoms with Crippen LogP contribution in [0, 0.1) is 6.92 Å². The van der Waals surface area contributed by atoms with Crippen molar-refractivity contribution in [1.82, 2.24) is 10.0 Å². The summed E-state index contributed by atoms with van der Waals surface area (Å²) >= 11 is 0. The van der Waals surface area contributed by atoms with Crippen molar-refractivity contribution in [2.24, 2.45) is 0 Å². The van der Waals surface area contributed by atoms with Gasteiger partial charge in [-0.1, -0.05) is 11.6 Å². The SMILES string of the molecule is CCOC(=O)c1oc2ccc(S(=O)(=O)NCC3=CCNCC3)cc2c1C.Cl. The van der Waals surface area contributed by atoms with Crippen LogP contribution in [0.1, 0.15) is 29.5 Å². The molecule has 9 heteroatoms. The normalized spacial score (nSPS) is 14.5. The Morgan fingerprint density at radius 2 is 2.15 bits per heavy atom. The van der Waals surface area contributed by atoms with E-state index in [9.17, 15) is 13.2 Å². The van der Waals surface area contributed by atoms with Gasteiger partial charge in [-0.15, -0.1) is 12.4 Å². The Balaban J connectivity index is 0.00000261. The molecule has 27 heavy (non-hydrogen) atoms. The van der Waals surface area contributed by atoms with Gasteiger partial charge in [0.05, 0.1) is 11.5 Å². The maximum Gasteiger partial charge on any atom is 0.374 e. The van der Waals surface area contributed by atoms with E-state index in [1.165, 1.54) is 12.1 Å². The molecule has 148 valence electrons. The number of fused-ring (bicyclic) bond motifs is 1. The van der Waals surface area contributed by atoms with Crippen LogP contribution in [0.4, 0.5) is 0 Å². The second kappa shape index (κ2) is 8.88. The number of sulfonamides is 1. The number of esters is 1. The summed E-state index contributed by atoms with van der Waals surface area (Å²) in [6.07, 6.45) is 2.83. The quantitative estimate of drug-likeness (QED) is 0.556. The van der Waals surface area contributed by atoms with Gasteiger partial charge in [-0.3, -0.25) is 0 Å². The van der Waals surface area contributed by atoms with Gasteiger partial charge in [-0.2, -0.15) is 0 Å². The number of halogens is 1. The van der Waals surface area contributed by atoms with Crippen molar-refractivity contribution in [3.05, 3.63) is 41.2 Å². The van der Waals surface area contributed by atoms with Crippen LogP contribution < -0.4 is 10.0 Å². The van der Waals surface area contributed by atoms with Gasteiger partial charge in [-0.05, 0) is 45.0 Å². The predicted octanol–water partition coefficient (Wildman–Crippen LogP) is 2.54. The van der Waals surface area contributed by atoms with E-state index in [0.29, 0.717) is 23.1 Å². The molecule has 0 unspecified atom stereocenters. The van der Waals surface area contributed by atoms with E-state index in [0.717, 1.165) is 25.1 Å². The van der Waals surface area contributed by atoms with Crippen LogP contribution in [0.25, 0.3) is 11.0 Å². The van der Waals surface area contributed by atoms with Gasteiger partial charge in [0.25, 0.3) is 0 Å². The van der Waals surface area contributed by atoms with Gasteiger partial charge < -0.3 is 14.5 Å². The fraction of sp³-hybridized carbons (Fsp3) is 0.389. The topological polar surface area (TPSA) is 97.6 Å². The molecule has 1 aliphatic rings. The van der Waals surface area contributed by atoms with E-state index in [4.69, 9.17) is 9.15 Å². The van der Waals surface area contributed by atoms with Crippen LogP contribution in [0.5, 0.6) is 0 Å². The fourth-order valence-corrected chi connectivity index (χ4v) is 3.92. The molecular formula is C18H23ClN2O5S. The number of hydrogen-bond acceptors (Lipinski definition) is 6. The molecular weight excluding hydrogens is 392 g/mol. The second-order valence-electron chi connectivity index (χ2n) is 6.08. The van der Waals surface area contributed by atoms with Gasteiger partial charge in [-0.25, -0.2) is 17.9 Å². The summed E-state index contributed by atoms with van der Waals surface area (Å²) in [6, 6.07) is 4.55. The van der Waals surface area contributed by atoms with Crippen LogP contribution in [0.2, 0.25) is 0 Å². The molecule has 2 aromatic rings. The maximum absolute atomic E-state index is 12.6. The summed E-state index contributed by atoms with van der Waals surface area (Å²) < 4.78 is 38.3. The third-order valence-corrected chi connectivity index (χ3v) is 5.72. The Labute approximate surface area is 164 Å². The highest BCUT2D eigenvalue weighted by molar-refractivity contribution is 7.89. The van der Waals surface area contributed by atoms with Crippen molar-refractivity contribution in [1.29, 1.82) is 0 Å². The number of ether oxygens (including phenoxy) is 1. The molecule has 1 aliphatic heterocycles. The van der Waals surface area contributed by atoms with Crippen LogP contribution in [0.3, 0.4) is 0 Å². The van der Waals surface area contributed by atoms with Gasteiger partial charge in [0.15, 0.2) is 0 Å². The van der Waals surface area contributed by atoms with Gasteiger partial charge in [0.2, 0.25) is 15.8 Å².